The second kappa shape index (κ2) is 6.23. The van der Waals surface area contributed by atoms with Crippen LogP contribution in [0.3, 0.4) is 0 Å². The zero-order valence-electron chi connectivity index (χ0n) is 11.9. The van der Waals surface area contributed by atoms with Crippen LogP contribution in [0.5, 0.6) is 0 Å². The summed E-state index contributed by atoms with van der Waals surface area (Å²) in [6.07, 6.45) is 8.07. The van der Waals surface area contributed by atoms with Gasteiger partial charge in [-0.15, -0.1) is 0 Å². The van der Waals surface area contributed by atoms with Crippen molar-refractivity contribution in [2.75, 3.05) is 26.2 Å². The van der Waals surface area contributed by atoms with Crippen molar-refractivity contribution in [1.29, 1.82) is 0 Å². The molecule has 0 bridgehead atoms. The SMILES string of the molecule is O=C(CCC1CCCNC1)NC1CCN2CCCC12. The maximum atomic E-state index is 12.1. The number of nitrogens with zero attached hydrogens (tertiary/aromatic N) is 1. The van der Waals surface area contributed by atoms with Gasteiger partial charge in [-0.3, -0.25) is 9.69 Å². The standard InChI is InChI=1S/C15H27N3O/c19-15(6-5-12-3-1-8-16-11-12)17-13-7-10-18-9-2-4-14(13)18/h12-14,16H,1-11H2,(H,17,19). The van der Waals surface area contributed by atoms with Crippen LogP contribution in [0.25, 0.3) is 0 Å². The molecule has 3 heterocycles. The van der Waals surface area contributed by atoms with Gasteiger partial charge in [0, 0.05) is 25.0 Å². The van der Waals surface area contributed by atoms with Crippen LogP contribution in [0.1, 0.15) is 44.9 Å². The Morgan fingerprint density at radius 1 is 1.21 bits per heavy atom. The fourth-order valence-electron chi connectivity index (χ4n) is 4.04. The van der Waals surface area contributed by atoms with Crippen molar-refractivity contribution in [3.63, 3.8) is 0 Å². The van der Waals surface area contributed by atoms with E-state index in [0.29, 0.717) is 18.0 Å². The number of carbonyl (C=O) groups is 1. The van der Waals surface area contributed by atoms with Gasteiger partial charge in [0.05, 0.1) is 0 Å². The van der Waals surface area contributed by atoms with Gasteiger partial charge in [0.1, 0.15) is 0 Å². The normalized spacial score (nSPS) is 35.3. The highest BCUT2D eigenvalue weighted by atomic mass is 16.1. The Morgan fingerprint density at radius 2 is 2.16 bits per heavy atom. The van der Waals surface area contributed by atoms with Crippen LogP contribution < -0.4 is 10.6 Å². The maximum absolute atomic E-state index is 12.1. The van der Waals surface area contributed by atoms with E-state index in [1.807, 2.05) is 0 Å². The summed E-state index contributed by atoms with van der Waals surface area (Å²) in [5.74, 6) is 0.996. The lowest BCUT2D eigenvalue weighted by Gasteiger charge is -2.24. The number of rotatable bonds is 4. The summed E-state index contributed by atoms with van der Waals surface area (Å²) in [4.78, 5) is 14.6. The summed E-state index contributed by atoms with van der Waals surface area (Å²) in [7, 11) is 0. The van der Waals surface area contributed by atoms with Crippen molar-refractivity contribution in [3.8, 4) is 0 Å². The van der Waals surface area contributed by atoms with E-state index in [1.54, 1.807) is 0 Å². The summed E-state index contributed by atoms with van der Waals surface area (Å²) in [5, 5.41) is 6.71. The summed E-state index contributed by atoms with van der Waals surface area (Å²) in [6.45, 7) is 4.68. The molecule has 0 aromatic carbocycles. The Hall–Kier alpha value is -0.610. The van der Waals surface area contributed by atoms with E-state index in [1.165, 1.54) is 38.8 Å². The quantitative estimate of drug-likeness (QED) is 0.800. The minimum absolute atomic E-state index is 0.282. The van der Waals surface area contributed by atoms with Crippen molar-refractivity contribution in [3.05, 3.63) is 0 Å². The van der Waals surface area contributed by atoms with E-state index in [9.17, 15) is 4.79 Å². The molecule has 108 valence electrons. The molecule has 3 unspecified atom stereocenters. The fraction of sp³-hybridized carbons (Fsp3) is 0.933. The van der Waals surface area contributed by atoms with Gasteiger partial charge < -0.3 is 10.6 Å². The van der Waals surface area contributed by atoms with Gasteiger partial charge in [0.2, 0.25) is 5.91 Å². The smallest absolute Gasteiger partial charge is 0.220 e. The Bertz CT molecular complexity index is 315. The first-order valence-corrected chi connectivity index (χ1v) is 8.07. The van der Waals surface area contributed by atoms with E-state index in [0.717, 1.165) is 32.4 Å². The number of carbonyl (C=O) groups excluding carboxylic acids is 1. The van der Waals surface area contributed by atoms with Crippen LogP contribution in [0.15, 0.2) is 0 Å². The van der Waals surface area contributed by atoms with E-state index < -0.39 is 0 Å². The van der Waals surface area contributed by atoms with Gasteiger partial charge in [-0.2, -0.15) is 0 Å². The number of nitrogens with one attached hydrogen (secondary N) is 2. The average Bonchev–Trinajstić information content (AvgIpc) is 3.03. The van der Waals surface area contributed by atoms with Crippen LogP contribution in [0, 0.1) is 5.92 Å². The highest BCUT2D eigenvalue weighted by Crippen LogP contribution is 2.28. The van der Waals surface area contributed by atoms with Gasteiger partial charge in [0.25, 0.3) is 0 Å². The molecular weight excluding hydrogens is 238 g/mol. The van der Waals surface area contributed by atoms with E-state index in [-0.39, 0.29) is 5.91 Å². The van der Waals surface area contributed by atoms with Gasteiger partial charge >= 0.3 is 0 Å². The molecule has 3 fully saturated rings. The largest absolute Gasteiger partial charge is 0.352 e. The molecule has 3 aliphatic rings. The molecule has 0 aromatic heterocycles. The number of piperidine rings is 1. The van der Waals surface area contributed by atoms with Crippen LogP contribution in [0.2, 0.25) is 0 Å². The molecule has 0 spiro atoms. The number of hydrogen-bond donors (Lipinski definition) is 2. The highest BCUT2D eigenvalue weighted by molar-refractivity contribution is 5.76. The van der Waals surface area contributed by atoms with Gasteiger partial charge in [0.15, 0.2) is 0 Å². The molecule has 4 heteroatoms. The first kappa shape index (κ1) is 13.4. The van der Waals surface area contributed by atoms with Gasteiger partial charge in [-0.05, 0) is 64.1 Å². The zero-order chi connectivity index (χ0) is 13.1. The minimum atomic E-state index is 0.282. The summed E-state index contributed by atoms with van der Waals surface area (Å²) >= 11 is 0. The second-order valence-electron chi connectivity index (χ2n) is 6.46. The summed E-state index contributed by atoms with van der Waals surface area (Å²) < 4.78 is 0. The van der Waals surface area contributed by atoms with Crippen molar-refractivity contribution in [2.45, 2.75) is 57.0 Å². The predicted molar refractivity (Wildman–Crippen MR) is 76.0 cm³/mol. The zero-order valence-corrected chi connectivity index (χ0v) is 11.9. The van der Waals surface area contributed by atoms with Crippen molar-refractivity contribution >= 4 is 5.91 Å². The molecule has 0 radical (unpaired) electrons. The molecule has 0 aromatic rings. The number of amides is 1. The Morgan fingerprint density at radius 3 is 3.00 bits per heavy atom. The van der Waals surface area contributed by atoms with Gasteiger partial charge in [-0.1, -0.05) is 0 Å². The fourth-order valence-corrected chi connectivity index (χ4v) is 4.04. The van der Waals surface area contributed by atoms with Crippen LogP contribution >= 0.6 is 0 Å². The van der Waals surface area contributed by atoms with E-state index in [2.05, 4.69) is 15.5 Å². The molecular formula is C15H27N3O. The minimum Gasteiger partial charge on any atom is -0.352 e. The lowest BCUT2D eigenvalue weighted by molar-refractivity contribution is -0.122. The Balaban J connectivity index is 1.39. The van der Waals surface area contributed by atoms with Crippen molar-refractivity contribution in [2.24, 2.45) is 5.92 Å². The third kappa shape index (κ3) is 3.29. The molecule has 2 N–H and O–H groups in total. The topological polar surface area (TPSA) is 44.4 Å². The lowest BCUT2D eigenvalue weighted by atomic mass is 9.94. The monoisotopic (exact) mass is 265 g/mol. The highest BCUT2D eigenvalue weighted by Gasteiger charge is 2.37. The summed E-state index contributed by atoms with van der Waals surface area (Å²) in [6, 6.07) is 1.07. The third-order valence-electron chi connectivity index (χ3n) is 5.13. The molecule has 1 amide bonds. The maximum Gasteiger partial charge on any atom is 0.220 e. The number of fused-ring (bicyclic) bond motifs is 1. The van der Waals surface area contributed by atoms with Crippen molar-refractivity contribution < 1.29 is 4.79 Å². The average molecular weight is 265 g/mol. The number of hydrogen-bond acceptors (Lipinski definition) is 3. The molecule has 3 aliphatic heterocycles. The van der Waals surface area contributed by atoms with E-state index in [4.69, 9.17) is 0 Å². The second-order valence-corrected chi connectivity index (χ2v) is 6.46. The van der Waals surface area contributed by atoms with Crippen molar-refractivity contribution in [1.82, 2.24) is 15.5 Å². The van der Waals surface area contributed by atoms with Crippen LogP contribution in [-0.4, -0.2) is 49.1 Å². The Kier molecular flexibility index (Phi) is 4.38. The van der Waals surface area contributed by atoms with Crippen LogP contribution in [-0.2, 0) is 4.79 Å². The van der Waals surface area contributed by atoms with Gasteiger partial charge in [-0.25, -0.2) is 0 Å². The molecule has 3 rings (SSSR count). The first-order chi connectivity index (χ1) is 9.33. The molecule has 0 saturated carbocycles. The molecule has 3 saturated heterocycles. The molecule has 19 heavy (non-hydrogen) atoms. The summed E-state index contributed by atoms with van der Waals surface area (Å²) in [5.41, 5.74) is 0. The molecule has 3 atom stereocenters. The molecule has 4 nitrogen and oxygen atoms in total. The lowest BCUT2D eigenvalue weighted by Crippen LogP contribution is -2.42. The Labute approximate surface area is 116 Å². The van der Waals surface area contributed by atoms with Crippen LogP contribution in [0.4, 0.5) is 0 Å². The third-order valence-corrected chi connectivity index (χ3v) is 5.13. The first-order valence-electron chi connectivity index (χ1n) is 8.07. The molecule has 0 aliphatic carbocycles. The van der Waals surface area contributed by atoms with E-state index >= 15 is 0 Å². The predicted octanol–water partition coefficient (Wildman–Crippen LogP) is 1.12.